The van der Waals surface area contributed by atoms with E-state index in [0.29, 0.717) is 16.9 Å². The molecule has 1 saturated carbocycles. The molecule has 1 aromatic rings. The van der Waals surface area contributed by atoms with E-state index in [2.05, 4.69) is 4.98 Å². The smallest absolute Gasteiger partial charge is 0.465 e. The first-order valence-corrected chi connectivity index (χ1v) is 7.69. The highest BCUT2D eigenvalue weighted by molar-refractivity contribution is 6.63. The van der Waals surface area contributed by atoms with E-state index in [-0.39, 0.29) is 5.97 Å². The number of carbonyl (C=O) groups excluding carboxylic acids is 1. The number of nitrogens with zero attached hydrogens (tertiary/aromatic N) is 1. The molecule has 118 valence electrons. The van der Waals surface area contributed by atoms with Gasteiger partial charge in [0, 0.05) is 23.3 Å². The predicted molar refractivity (Wildman–Crippen MR) is 83.3 cm³/mol. The Kier molecular flexibility index (Phi) is 3.57. The van der Waals surface area contributed by atoms with Crippen LogP contribution in [0.25, 0.3) is 0 Å². The topological polar surface area (TPSA) is 57.7 Å². The molecule has 22 heavy (non-hydrogen) atoms. The van der Waals surface area contributed by atoms with Crippen LogP contribution in [0, 0.1) is 0 Å². The third kappa shape index (κ3) is 2.54. The van der Waals surface area contributed by atoms with Crippen LogP contribution in [0.3, 0.4) is 0 Å². The van der Waals surface area contributed by atoms with Gasteiger partial charge in [-0.25, -0.2) is 4.79 Å². The summed E-state index contributed by atoms with van der Waals surface area (Å²) in [4.78, 5) is 16.6. The van der Waals surface area contributed by atoms with E-state index in [1.807, 2.05) is 33.8 Å². The molecule has 0 radical (unpaired) electrons. The minimum atomic E-state index is -0.611. The highest BCUT2D eigenvalue weighted by Crippen LogP contribution is 2.40. The number of hydrogen-bond acceptors (Lipinski definition) is 5. The Labute approximate surface area is 131 Å². The second-order valence-electron chi connectivity index (χ2n) is 7.05. The SMILES string of the molecule is COC(=O)c1cc(C2CC2)ncc1B1OC(C)(C)C(C)(C)O1. The minimum Gasteiger partial charge on any atom is -0.465 e. The number of aromatic nitrogens is 1. The van der Waals surface area contributed by atoms with E-state index >= 15 is 0 Å². The summed E-state index contributed by atoms with van der Waals surface area (Å²) >= 11 is 0. The van der Waals surface area contributed by atoms with Crippen LogP contribution in [0.4, 0.5) is 0 Å². The van der Waals surface area contributed by atoms with Crippen molar-refractivity contribution in [1.29, 1.82) is 0 Å². The van der Waals surface area contributed by atoms with Gasteiger partial charge in [0.2, 0.25) is 0 Å². The highest BCUT2D eigenvalue weighted by atomic mass is 16.7. The van der Waals surface area contributed by atoms with Gasteiger partial charge in [-0.3, -0.25) is 4.98 Å². The lowest BCUT2D eigenvalue weighted by Crippen LogP contribution is -2.41. The molecule has 0 aromatic carbocycles. The van der Waals surface area contributed by atoms with Crippen molar-refractivity contribution in [3.8, 4) is 0 Å². The standard InChI is InChI=1S/C16H22BNO4/c1-15(2)16(3,4)22-17(21-15)12-9-18-13(10-6-7-10)8-11(12)14(19)20-5/h8-10H,6-7H2,1-5H3. The van der Waals surface area contributed by atoms with Gasteiger partial charge in [-0.15, -0.1) is 0 Å². The van der Waals surface area contributed by atoms with Crippen LogP contribution in [-0.2, 0) is 14.0 Å². The van der Waals surface area contributed by atoms with Crippen LogP contribution >= 0.6 is 0 Å². The van der Waals surface area contributed by atoms with Crippen LogP contribution in [0.15, 0.2) is 12.3 Å². The van der Waals surface area contributed by atoms with Crippen molar-refractivity contribution in [3.63, 3.8) is 0 Å². The second-order valence-corrected chi connectivity index (χ2v) is 7.05. The van der Waals surface area contributed by atoms with Gasteiger partial charge >= 0.3 is 13.1 Å². The Morgan fingerprint density at radius 2 is 1.86 bits per heavy atom. The zero-order valence-corrected chi connectivity index (χ0v) is 13.8. The maximum absolute atomic E-state index is 12.1. The third-order valence-corrected chi connectivity index (χ3v) is 4.86. The molecule has 1 saturated heterocycles. The summed E-state index contributed by atoms with van der Waals surface area (Å²) < 4.78 is 17.0. The van der Waals surface area contributed by atoms with E-state index in [4.69, 9.17) is 14.0 Å². The van der Waals surface area contributed by atoms with E-state index < -0.39 is 18.3 Å². The maximum Gasteiger partial charge on any atom is 0.497 e. The molecule has 2 heterocycles. The van der Waals surface area contributed by atoms with E-state index in [9.17, 15) is 4.79 Å². The van der Waals surface area contributed by atoms with Gasteiger partial charge < -0.3 is 14.0 Å². The van der Waals surface area contributed by atoms with Crippen molar-refractivity contribution in [2.45, 2.75) is 57.7 Å². The van der Waals surface area contributed by atoms with Gasteiger partial charge in [0.15, 0.2) is 0 Å². The van der Waals surface area contributed by atoms with Gasteiger partial charge in [0.25, 0.3) is 0 Å². The molecule has 2 aliphatic rings. The number of rotatable bonds is 3. The summed E-state index contributed by atoms with van der Waals surface area (Å²) in [5.41, 5.74) is 1.15. The minimum absolute atomic E-state index is 0.381. The van der Waals surface area contributed by atoms with Gasteiger partial charge in [-0.1, -0.05) is 0 Å². The van der Waals surface area contributed by atoms with Crippen molar-refractivity contribution < 1.29 is 18.8 Å². The third-order valence-electron chi connectivity index (χ3n) is 4.86. The Hall–Kier alpha value is -1.40. The Morgan fingerprint density at radius 3 is 2.36 bits per heavy atom. The molecule has 0 spiro atoms. The quantitative estimate of drug-likeness (QED) is 0.632. The van der Waals surface area contributed by atoms with Crippen molar-refractivity contribution >= 4 is 18.6 Å². The average Bonchev–Trinajstić information content (AvgIpc) is 3.26. The normalized spacial score (nSPS) is 22.7. The highest BCUT2D eigenvalue weighted by Gasteiger charge is 2.52. The van der Waals surface area contributed by atoms with Crippen molar-refractivity contribution in [2.75, 3.05) is 7.11 Å². The molecule has 0 atom stereocenters. The van der Waals surface area contributed by atoms with Crippen LogP contribution < -0.4 is 5.46 Å². The van der Waals surface area contributed by atoms with Gasteiger partial charge in [0.05, 0.1) is 23.9 Å². The van der Waals surface area contributed by atoms with Gasteiger partial charge in [0.1, 0.15) is 0 Å². The zero-order chi connectivity index (χ0) is 16.1. The van der Waals surface area contributed by atoms with Crippen LogP contribution in [-0.4, -0.2) is 36.4 Å². The Bertz CT molecular complexity index is 594. The van der Waals surface area contributed by atoms with Crippen molar-refractivity contribution in [1.82, 2.24) is 4.98 Å². The zero-order valence-electron chi connectivity index (χ0n) is 13.8. The van der Waals surface area contributed by atoms with E-state index in [1.54, 1.807) is 6.20 Å². The lowest BCUT2D eigenvalue weighted by atomic mass is 9.76. The molecule has 1 aromatic heterocycles. The first-order valence-electron chi connectivity index (χ1n) is 7.69. The number of ether oxygens (including phenoxy) is 1. The fourth-order valence-corrected chi connectivity index (χ4v) is 2.53. The molecule has 0 amide bonds. The Balaban J connectivity index is 1.98. The summed E-state index contributed by atoms with van der Waals surface area (Å²) in [6, 6.07) is 1.82. The number of pyridine rings is 1. The summed E-state index contributed by atoms with van der Waals surface area (Å²) in [6.07, 6.45) is 3.95. The summed E-state index contributed by atoms with van der Waals surface area (Å²) in [5.74, 6) is 0.0877. The predicted octanol–water partition coefficient (Wildman–Crippen LogP) is 2.04. The number of methoxy groups -OCH3 is 1. The molecule has 6 heteroatoms. The number of hydrogen-bond donors (Lipinski definition) is 0. The van der Waals surface area contributed by atoms with E-state index in [1.165, 1.54) is 7.11 Å². The lowest BCUT2D eigenvalue weighted by Gasteiger charge is -2.32. The lowest BCUT2D eigenvalue weighted by molar-refractivity contribution is 0.00578. The summed E-state index contributed by atoms with van der Waals surface area (Å²) in [6.45, 7) is 7.93. The molecule has 2 fully saturated rings. The average molecular weight is 303 g/mol. The molecule has 1 aliphatic carbocycles. The molecule has 1 aliphatic heterocycles. The molecule has 0 N–H and O–H groups in total. The monoisotopic (exact) mass is 303 g/mol. The molecule has 0 bridgehead atoms. The first kappa shape index (κ1) is 15.5. The number of esters is 1. The second kappa shape index (κ2) is 5.06. The molecule has 0 unspecified atom stereocenters. The van der Waals surface area contributed by atoms with Gasteiger partial charge in [-0.05, 0) is 46.6 Å². The molecular formula is C16H22BNO4. The van der Waals surface area contributed by atoms with Crippen LogP contribution in [0.5, 0.6) is 0 Å². The summed E-state index contributed by atoms with van der Waals surface area (Å²) in [7, 11) is 0.771. The van der Waals surface area contributed by atoms with Crippen molar-refractivity contribution in [3.05, 3.63) is 23.5 Å². The van der Waals surface area contributed by atoms with Crippen LogP contribution in [0.1, 0.15) is 62.5 Å². The Morgan fingerprint density at radius 1 is 1.27 bits per heavy atom. The van der Waals surface area contributed by atoms with Crippen LogP contribution in [0.2, 0.25) is 0 Å². The van der Waals surface area contributed by atoms with Crippen molar-refractivity contribution in [2.24, 2.45) is 0 Å². The summed E-state index contributed by atoms with van der Waals surface area (Å²) in [5, 5.41) is 0. The maximum atomic E-state index is 12.1. The fourth-order valence-electron chi connectivity index (χ4n) is 2.53. The number of carbonyl (C=O) groups is 1. The molecule has 3 rings (SSSR count). The van der Waals surface area contributed by atoms with E-state index in [0.717, 1.165) is 18.5 Å². The van der Waals surface area contributed by atoms with Gasteiger partial charge in [-0.2, -0.15) is 0 Å². The fraction of sp³-hybridized carbons (Fsp3) is 0.625. The molecular weight excluding hydrogens is 281 g/mol. The molecule has 5 nitrogen and oxygen atoms in total. The first-order chi connectivity index (χ1) is 10.2. The largest absolute Gasteiger partial charge is 0.497 e.